The van der Waals surface area contributed by atoms with Crippen LogP contribution in [-0.4, -0.2) is 68.2 Å². The second kappa shape index (κ2) is 7.10. The number of urea groups is 1. The highest BCUT2D eigenvalue weighted by molar-refractivity contribution is 5.74. The summed E-state index contributed by atoms with van der Waals surface area (Å²) in [5.41, 5.74) is 0. The maximum atomic E-state index is 12.3. The summed E-state index contributed by atoms with van der Waals surface area (Å²) in [6.07, 6.45) is 6.15. The molecule has 2 rings (SSSR count). The predicted molar refractivity (Wildman–Crippen MR) is 77.3 cm³/mol. The summed E-state index contributed by atoms with van der Waals surface area (Å²) in [5, 5.41) is 6.42. The largest absolute Gasteiger partial charge is 0.335 e. The zero-order valence-corrected chi connectivity index (χ0v) is 12.3. The molecule has 2 aliphatic rings. The topological polar surface area (TPSA) is 47.6 Å². The quantitative estimate of drug-likeness (QED) is 0.798. The van der Waals surface area contributed by atoms with Crippen molar-refractivity contribution >= 4 is 6.03 Å². The lowest BCUT2D eigenvalue weighted by Crippen LogP contribution is -2.58. The first-order valence-electron chi connectivity index (χ1n) is 7.61. The molecule has 5 nitrogen and oxygen atoms in total. The number of nitrogens with zero attached hydrogens (tertiary/aromatic N) is 2. The van der Waals surface area contributed by atoms with Gasteiger partial charge in [0.05, 0.1) is 0 Å². The summed E-state index contributed by atoms with van der Waals surface area (Å²) in [4.78, 5) is 16.6. The summed E-state index contributed by atoms with van der Waals surface area (Å²) < 4.78 is 0. The Morgan fingerprint density at radius 2 is 1.95 bits per heavy atom. The summed E-state index contributed by atoms with van der Waals surface area (Å²) in [6, 6.07) is 0.973. The van der Waals surface area contributed by atoms with Crippen LogP contribution in [0.25, 0.3) is 0 Å². The minimum Gasteiger partial charge on any atom is -0.335 e. The van der Waals surface area contributed by atoms with Crippen molar-refractivity contribution in [3.05, 3.63) is 0 Å². The second-order valence-corrected chi connectivity index (χ2v) is 5.92. The van der Waals surface area contributed by atoms with Crippen LogP contribution in [0, 0.1) is 0 Å². The minimum absolute atomic E-state index is 0.140. The standard InChI is InChI=1S/C14H28N4O/c1-15-10-13-11-18(9-8-17(13)2)14(19)16-12-6-4-3-5-7-12/h12-13,15H,3-11H2,1-2H3,(H,16,19). The van der Waals surface area contributed by atoms with E-state index in [4.69, 9.17) is 0 Å². The van der Waals surface area contributed by atoms with E-state index in [9.17, 15) is 4.79 Å². The van der Waals surface area contributed by atoms with E-state index in [1.54, 1.807) is 0 Å². The highest BCUT2D eigenvalue weighted by Crippen LogP contribution is 2.18. The summed E-state index contributed by atoms with van der Waals surface area (Å²) in [7, 11) is 4.10. The van der Waals surface area contributed by atoms with Gasteiger partial charge in [0.25, 0.3) is 0 Å². The van der Waals surface area contributed by atoms with Gasteiger partial charge in [0.1, 0.15) is 0 Å². The number of piperazine rings is 1. The number of hydrogen-bond donors (Lipinski definition) is 2. The number of likely N-dealkylation sites (N-methyl/N-ethyl adjacent to an activating group) is 2. The molecule has 0 radical (unpaired) electrons. The van der Waals surface area contributed by atoms with E-state index < -0.39 is 0 Å². The molecule has 1 saturated heterocycles. The number of carbonyl (C=O) groups is 1. The lowest BCUT2D eigenvalue weighted by molar-refractivity contribution is 0.107. The summed E-state index contributed by atoms with van der Waals surface area (Å²) >= 11 is 0. The lowest BCUT2D eigenvalue weighted by atomic mass is 9.96. The molecule has 0 aromatic carbocycles. The fraction of sp³-hybridized carbons (Fsp3) is 0.929. The van der Waals surface area contributed by atoms with Crippen LogP contribution in [-0.2, 0) is 0 Å². The molecule has 2 N–H and O–H groups in total. The number of amides is 2. The van der Waals surface area contributed by atoms with E-state index in [0.717, 1.165) is 39.0 Å². The van der Waals surface area contributed by atoms with Gasteiger partial charge in [-0.2, -0.15) is 0 Å². The van der Waals surface area contributed by atoms with E-state index in [1.807, 2.05) is 11.9 Å². The molecule has 2 fully saturated rings. The van der Waals surface area contributed by atoms with Crippen molar-refractivity contribution in [1.29, 1.82) is 0 Å². The van der Waals surface area contributed by atoms with Crippen LogP contribution in [0.15, 0.2) is 0 Å². The third-order valence-corrected chi connectivity index (χ3v) is 4.44. The molecule has 2 amide bonds. The van der Waals surface area contributed by atoms with Crippen LogP contribution < -0.4 is 10.6 Å². The monoisotopic (exact) mass is 268 g/mol. The first-order chi connectivity index (χ1) is 9.20. The van der Waals surface area contributed by atoms with Gasteiger partial charge in [0, 0.05) is 38.3 Å². The molecule has 110 valence electrons. The van der Waals surface area contributed by atoms with Crippen molar-refractivity contribution < 1.29 is 4.79 Å². The van der Waals surface area contributed by atoms with Gasteiger partial charge in [-0.05, 0) is 26.9 Å². The van der Waals surface area contributed by atoms with Crippen LogP contribution >= 0.6 is 0 Å². The summed E-state index contributed by atoms with van der Waals surface area (Å²) in [6.45, 7) is 3.57. The summed E-state index contributed by atoms with van der Waals surface area (Å²) in [5.74, 6) is 0. The molecule has 1 aliphatic heterocycles. The van der Waals surface area contributed by atoms with E-state index in [2.05, 4.69) is 22.6 Å². The SMILES string of the molecule is CNCC1CN(C(=O)NC2CCCCC2)CCN1C. The molecule has 1 unspecified atom stereocenters. The molecule has 0 aromatic heterocycles. The molecule has 0 bridgehead atoms. The molecular formula is C14H28N4O. The van der Waals surface area contributed by atoms with Crippen LogP contribution in [0.1, 0.15) is 32.1 Å². The number of rotatable bonds is 3. The maximum Gasteiger partial charge on any atom is 0.317 e. The van der Waals surface area contributed by atoms with Gasteiger partial charge in [0.15, 0.2) is 0 Å². The zero-order valence-electron chi connectivity index (χ0n) is 12.3. The fourth-order valence-electron chi connectivity index (χ4n) is 3.10. The first kappa shape index (κ1) is 14.6. The Morgan fingerprint density at radius 3 is 2.63 bits per heavy atom. The van der Waals surface area contributed by atoms with E-state index in [1.165, 1.54) is 19.3 Å². The minimum atomic E-state index is 0.140. The molecule has 1 heterocycles. The normalized spacial score (nSPS) is 26.4. The van der Waals surface area contributed by atoms with Gasteiger partial charge in [-0.25, -0.2) is 4.79 Å². The van der Waals surface area contributed by atoms with Gasteiger partial charge in [0.2, 0.25) is 0 Å². The fourth-order valence-corrected chi connectivity index (χ4v) is 3.10. The van der Waals surface area contributed by atoms with Gasteiger partial charge < -0.3 is 15.5 Å². The van der Waals surface area contributed by atoms with E-state index >= 15 is 0 Å². The van der Waals surface area contributed by atoms with Crippen molar-refractivity contribution in [3.8, 4) is 0 Å². The van der Waals surface area contributed by atoms with Crippen molar-refractivity contribution in [2.45, 2.75) is 44.2 Å². The van der Waals surface area contributed by atoms with Crippen LogP contribution in [0.5, 0.6) is 0 Å². The highest BCUT2D eigenvalue weighted by atomic mass is 16.2. The molecule has 1 atom stereocenters. The average molecular weight is 268 g/mol. The third kappa shape index (κ3) is 4.08. The highest BCUT2D eigenvalue weighted by Gasteiger charge is 2.28. The Morgan fingerprint density at radius 1 is 1.21 bits per heavy atom. The predicted octanol–water partition coefficient (Wildman–Crippen LogP) is 0.864. The van der Waals surface area contributed by atoms with Crippen molar-refractivity contribution in [3.63, 3.8) is 0 Å². The Labute approximate surface area is 116 Å². The molecule has 0 aromatic rings. The smallest absolute Gasteiger partial charge is 0.317 e. The van der Waals surface area contributed by atoms with Gasteiger partial charge >= 0.3 is 6.03 Å². The maximum absolute atomic E-state index is 12.3. The number of hydrogen-bond acceptors (Lipinski definition) is 3. The molecule has 19 heavy (non-hydrogen) atoms. The Hall–Kier alpha value is -0.810. The van der Waals surface area contributed by atoms with Crippen LogP contribution in [0.4, 0.5) is 4.79 Å². The molecule has 1 aliphatic carbocycles. The van der Waals surface area contributed by atoms with Gasteiger partial charge in [-0.3, -0.25) is 4.90 Å². The second-order valence-electron chi connectivity index (χ2n) is 5.92. The zero-order chi connectivity index (χ0) is 13.7. The number of carbonyl (C=O) groups excluding carboxylic acids is 1. The molecule has 0 spiro atoms. The van der Waals surface area contributed by atoms with Crippen LogP contribution in [0.2, 0.25) is 0 Å². The van der Waals surface area contributed by atoms with E-state index in [0.29, 0.717) is 12.1 Å². The Kier molecular flexibility index (Phi) is 5.45. The van der Waals surface area contributed by atoms with Crippen molar-refractivity contribution in [2.24, 2.45) is 0 Å². The van der Waals surface area contributed by atoms with Gasteiger partial charge in [-0.15, -0.1) is 0 Å². The third-order valence-electron chi connectivity index (χ3n) is 4.44. The van der Waals surface area contributed by atoms with Crippen molar-refractivity contribution in [1.82, 2.24) is 20.4 Å². The molecular weight excluding hydrogens is 240 g/mol. The first-order valence-corrected chi connectivity index (χ1v) is 7.61. The van der Waals surface area contributed by atoms with E-state index in [-0.39, 0.29) is 6.03 Å². The Bertz CT molecular complexity index is 291. The van der Waals surface area contributed by atoms with Crippen molar-refractivity contribution in [2.75, 3.05) is 40.3 Å². The average Bonchev–Trinajstić information content (AvgIpc) is 2.42. The molecule has 5 heteroatoms. The number of nitrogens with one attached hydrogen (secondary N) is 2. The molecule has 1 saturated carbocycles. The Balaban J connectivity index is 1.81. The van der Waals surface area contributed by atoms with Gasteiger partial charge in [-0.1, -0.05) is 19.3 Å². The van der Waals surface area contributed by atoms with Crippen LogP contribution in [0.3, 0.4) is 0 Å². The lowest BCUT2D eigenvalue weighted by Gasteiger charge is -2.40.